The van der Waals surface area contributed by atoms with Gasteiger partial charge in [-0.2, -0.15) is 4.68 Å². The van der Waals surface area contributed by atoms with Crippen molar-refractivity contribution in [1.29, 1.82) is 0 Å². The summed E-state index contributed by atoms with van der Waals surface area (Å²) in [6.07, 6.45) is 3.49. The molecule has 124 valence electrons. The maximum absolute atomic E-state index is 6.26. The summed E-state index contributed by atoms with van der Waals surface area (Å²) >= 11 is 12.3. The van der Waals surface area contributed by atoms with Gasteiger partial charge in [0, 0.05) is 24.5 Å². The Balaban J connectivity index is 1.65. The van der Waals surface area contributed by atoms with Crippen LogP contribution in [0, 0.1) is 0 Å². The van der Waals surface area contributed by atoms with E-state index in [4.69, 9.17) is 23.2 Å². The Morgan fingerprint density at radius 3 is 2.84 bits per heavy atom. The van der Waals surface area contributed by atoms with Crippen molar-refractivity contribution in [3.63, 3.8) is 0 Å². The van der Waals surface area contributed by atoms with Crippen molar-refractivity contribution in [2.45, 2.75) is 6.54 Å². The van der Waals surface area contributed by atoms with Gasteiger partial charge in [0.05, 0.1) is 26.8 Å². The quantitative estimate of drug-likeness (QED) is 0.590. The van der Waals surface area contributed by atoms with Crippen molar-refractivity contribution in [1.82, 2.24) is 30.2 Å². The third-order valence-corrected chi connectivity index (χ3v) is 4.45. The average molecular weight is 372 g/mol. The summed E-state index contributed by atoms with van der Waals surface area (Å²) in [6, 6.07) is 11.0. The molecule has 1 aromatic carbocycles. The summed E-state index contributed by atoms with van der Waals surface area (Å²) in [5.41, 5.74) is 3.24. The molecule has 0 spiro atoms. The molecule has 0 bridgehead atoms. The molecule has 0 amide bonds. The lowest BCUT2D eigenvalue weighted by atomic mass is 10.2. The molecular formula is C16H11Cl2N7. The SMILES string of the molecule is Clc1cccc(-n2nnnc2NCc2ccnc3cccnc23)c1Cl. The second kappa shape index (κ2) is 6.62. The molecule has 0 saturated heterocycles. The first kappa shape index (κ1) is 15.7. The van der Waals surface area contributed by atoms with Crippen molar-refractivity contribution < 1.29 is 0 Å². The molecule has 0 aliphatic rings. The molecule has 25 heavy (non-hydrogen) atoms. The number of halogens is 2. The van der Waals surface area contributed by atoms with E-state index >= 15 is 0 Å². The van der Waals surface area contributed by atoms with Crippen LogP contribution in [0.15, 0.2) is 48.8 Å². The van der Waals surface area contributed by atoms with Crippen LogP contribution in [0.5, 0.6) is 0 Å². The van der Waals surface area contributed by atoms with E-state index in [0.29, 0.717) is 28.2 Å². The first-order valence-electron chi connectivity index (χ1n) is 7.39. The minimum Gasteiger partial charge on any atom is -0.349 e. The van der Waals surface area contributed by atoms with Gasteiger partial charge >= 0.3 is 0 Å². The zero-order chi connectivity index (χ0) is 17.2. The monoisotopic (exact) mass is 371 g/mol. The molecule has 7 nitrogen and oxygen atoms in total. The minimum atomic E-state index is 0.385. The number of fused-ring (bicyclic) bond motifs is 1. The lowest BCUT2D eigenvalue weighted by Crippen LogP contribution is -2.08. The van der Waals surface area contributed by atoms with E-state index in [9.17, 15) is 0 Å². The Morgan fingerprint density at radius 2 is 1.92 bits per heavy atom. The number of anilines is 1. The van der Waals surface area contributed by atoms with Crippen molar-refractivity contribution in [3.8, 4) is 5.69 Å². The zero-order valence-electron chi connectivity index (χ0n) is 12.8. The number of hydrogen-bond donors (Lipinski definition) is 1. The van der Waals surface area contributed by atoms with E-state index in [2.05, 4.69) is 30.8 Å². The smallest absolute Gasteiger partial charge is 0.248 e. The van der Waals surface area contributed by atoms with Crippen molar-refractivity contribution in [3.05, 3.63) is 64.4 Å². The van der Waals surface area contributed by atoms with Gasteiger partial charge in [-0.05, 0) is 40.8 Å². The molecule has 0 fully saturated rings. The summed E-state index contributed by atoms with van der Waals surface area (Å²) < 4.78 is 1.50. The van der Waals surface area contributed by atoms with Gasteiger partial charge in [0.1, 0.15) is 0 Å². The van der Waals surface area contributed by atoms with Crippen LogP contribution in [0.2, 0.25) is 10.0 Å². The van der Waals surface area contributed by atoms with E-state index in [1.54, 1.807) is 30.6 Å². The summed E-state index contributed by atoms with van der Waals surface area (Å²) in [4.78, 5) is 8.69. The first-order chi connectivity index (χ1) is 12.2. The second-order valence-electron chi connectivity index (χ2n) is 5.18. The van der Waals surface area contributed by atoms with Crippen LogP contribution in [0.25, 0.3) is 16.7 Å². The molecule has 1 N–H and O–H groups in total. The molecule has 9 heteroatoms. The number of nitrogens with zero attached hydrogens (tertiary/aromatic N) is 6. The van der Waals surface area contributed by atoms with Gasteiger partial charge in [-0.1, -0.05) is 34.4 Å². The Kier molecular flexibility index (Phi) is 4.17. The zero-order valence-corrected chi connectivity index (χ0v) is 14.3. The van der Waals surface area contributed by atoms with E-state index in [1.807, 2.05) is 18.2 Å². The molecule has 0 atom stereocenters. The number of aromatic nitrogens is 6. The summed E-state index contributed by atoms with van der Waals surface area (Å²) in [7, 11) is 0. The highest BCUT2D eigenvalue weighted by Crippen LogP contribution is 2.29. The van der Waals surface area contributed by atoms with Gasteiger partial charge in [0.15, 0.2) is 0 Å². The molecular weight excluding hydrogens is 361 g/mol. The number of pyridine rings is 2. The maximum atomic E-state index is 6.26. The normalized spacial score (nSPS) is 11.0. The Hall–Kier alpha value is -2.77. The minimum absolute atomic E-state index is 0.385. The fourth-order valence-electron chi connectivity index (χ4n) is 2.47. The fraction of sp³-hybridized carbons (Fsp3) is 0.0625. The van der Waals surface area contributed by atoms with Crippen LogP contribution in [0.1, 0.15) is 5.56 Å². The van der Waals surface area contributed by atoms with Crippen molar-refractivity contribution >= 4 is 40.2 Å². The highest BCUT2D eigenvalue weighted by atomic mass is 35.5. The molecule has 0 aliphatic carbocycles. The summed E-state index contributed by atoms with van der Waals surface area (Å²) in [5, 5.41) is 15.7. The fourth-order valence-corrected chi connectivity index (χ4v) is 2.84. The third kappa shape index (κ3) is 2.99. The van der Waals surface area contributed by atoms with Crippen molar-refractivity contribution in [2.75, 3.05) is 5.32 Å². The van der Waals surface area contributed by atoms with Crippen LogP contribution < -0.4 is 5.32 Å². The van der Waals surface area contributed by atoms with Gasteiger partial charge in [0.25, 0.3) is 0 Å². The summed E-state index contributed by atoms with van der Waals surface area (Å²) in [6.45, 7) is 0.481. The van der Waals surface area contributed by atoms with Gasteiger partial charge in [-0.25, -0.2) is 0 Å². The second-order valence-corrected chi connectivity index (χ2v) is 5.97. The number of hydrogen-bond acceptors (Lipinski definition) is 6. The molecule has 3 heterocycles. The number of rotatable bonds is 4. The van der Waals surface area contributed by atoms with E-state index < -0.39 is 0 Å². The topological polar surface area (TPSA) is 81.4 Å². The predicted molar refractivity (Wildman–Crippen MR) is 96.0 cm³/mol. The largest absolute Gasteiger partial charge is 0.349 e. The number of nitrogens with one attached hydrogen (secondary N) is 1. The Bertz CT molecular complexity index is 1040. The highest BCUT2D eigenvalue weighted by Gasteiger charge is 2.13. The Labute approximate surface area is 152 Å². The van der Waals surface area contributed by atoms with Gasteiger partial charge in [0.2, 0.25) is 5.95 Å². The number of benzene rings is 1. The van der Waals surface area contributed by atoms with Crippen LogP contribution in [0.3, 0.4) is 0 Å². The lowest BCUT2D eigenvalue weighted by molar-refractivity contribution is 0.789. The van der Waals surface area contributed by atoms with Gasteiger partial charge in [-0.15, -0.1) is 0 Å². The van der Waals surface area contributed by atoms with Crippen LogP contribution >= 0.6 is 23.2 Å². The van der Waals surface area contributed by atoms with E-state index in [1.165, 1.54) is 4.68 Å². The summed E-state index contributed by atoms with van der Waals surface area (Å²) in [5.74, 6) is 0.449. The Morgan fingerprint density at radius 1 is 1.00 bits per heavy atom. The highest BCUT2D eigenvalue weighted by molar-refractivity contribution is 6.43. The van der Waals surface area contributed by atoms with Crippen LogP contribution in [-0.4, -0.2) is 30.2 Å². The maximum Gasteiger partial charge on any atom is 0.248 e. The van der Waals surface area contributed by atoms with E-state index in [-0.39, 0.29) is 0 Å². The number of tetrazole rings is 1. The van der Waals surface area contributed by atoms with Crippen LogP contribution in [-0.2, 0) is 6.54 Å². The van der Waals surface area contributed by atoms with Gasteiger partial charge < -0.3 is 5.32 Å². The molecule has 3 aromatic heterocycles. The molecule has 4 rings (SSSR count). The molecule has 4 aromatic rings. The average Bonchev–Trinajstić information content (AvgIpc) is 3.10. The standard InChI is InChI=1S/C16H11Cl2N7/c17-11-3-1-5-13(14(11)18)25-16(22-23-24-25)21-9-10-6-8-19-12-4-2-7-20-15(10)12/h1-8H,9H2,(H,21,22,24). The molecule has 0 aliphatic heterocycles. The molecule has 0 saturated carbocycles. The van der Waals surface area contributed by atoms with E-state index in [0.717, 1.165) is 16.6 Å². The van der Waals surface area contributed by atoms with Crippen molar-refractivity contribution in [2.24, 2.45) is 0 Å². The predicted octanol–water partition coefficient (Wildman–Crippen LogP) is 3.52. The molecule has 0 unspecified atom stereocenters. The lowest BCUT2D eigenvalue weighted by Gasteiger charge is -2.10. The molecule has 0 radical (unpaired) electrons. The third-order valence-electron chi connectivity index (χ3n) is 3.65. The van der Waals surface area contributed by atoms with Gasteiger partial charge in [-0.3, -0.25) is 9.97 Å². The van der Waals surface area contributed by atoms with Crippen LogP contribution in [0.4, 0.5) is 5.95 Å². The first-order valence-corrected chi connectivity index (χ1v) is 8.15.